The highest BCUT2D eigenvalue weighted by atomic mass is 16.4. The van der Waals surface area contributed by atoms with Crippen LogP contribution >= 0.6 is 0 Å². The summed E-state index contributed by atoms with van der Waals surface area (Å²) in [4.78, 5) is 76.8. The van der Waals surface area contributed by atoms with E-state index in [1.807, 2.05) is 18.2 Å². The van der Waals surface area contributed by atoms with Crippen LogP contribution in [0.2, 0.25) is 0 Å². The SMILES string of the molecule is NCCCCC(NC(=O)C(CC(N)=O)NC(=O)C(Cc1c[nH]c2ccccc12)NC(=O)C(N)CCC(N)=O)C(=O)O. The number of amides is 5. The molecule has 0 aliphatic rings. The summed E-state index contributed by atoms with van der Waals surface area (Å²) < 4.78 is 0. The highest BCUT2D eigenvalue weighted by Gasteiger charge is 2.31. The maximum atomic E-state index is 13.4. The molecule has 0 fully saturated rings. The summed E-state index contributed by atoms with van der Waals surface area (Å²) in [5, 5.41) is 17.6. The lowest BCUT2D eigenvalue weighted by molar-refractivity contribution is -0.142. The third-order valence-electron chi connectivity index (χ3n) is 6.37. The summed E-state index contributed by atoms with van der Waals surface area (Å²) in [5.74, 6) is -5.40. The second kappa shape index (κ2) is 15.9. The molecule has 1 aromatic carbocycles. The number of carbonyl (C=O) groups excluding carboxylic acids is 5. The number of nitrogens with one attached hydrogen (secondary N) is 4. The van der Waals surface area contributed by atoms with Crippen molar-refractivity contribution in [2.24, 2.45) is 22.9 Å². The van der Waals surface area contributed by atoms with Crippen LogP contribution in [-0.4, -0.2) is 76.3 Å². The van der Waals surface area contributed by atoms with Crippen molar-refractivity contribution in [1.82, 2.24) is 20.9 Å². The number of para-hydroxylation sites is 1. The monoisotopic (exact) mass is 574 g/mol. The molecule has 4 unspecified atom stereocenters. The number of benzene rings is 1. The zero-order valence-corrected chi connectivity index (χ0v) is 22.6. The van der Waals surface area contributed by atoms with Crippen molar-refractivity contribution < 1.29 is 33.9 Å². The molecule has 15 nitrogen and oxygen atoms in total. The van der Waals surface area contributed by atoms with Crippen molar-refractivity contribution in [3.8, 4) is 0 Å². The first kappa shape index (κ1) is 32.7. The average Bonchev–Trinajstić information content (AvgIpc) is 3.32. The van der Waals surface area contributed by atoms with E-state index in [-0.39, 0.29) is 25.7 Å². The molecule has 41 heavy (non-hydrogen) atoms. The maximum Gasteiger partial charge on any atom is 0.326 e. The van der Waals surface area contributed by atoms with Gasteiger partial charge in [0.2, 0.25) is 29.5 Å². The summed E-state index contributed by atoms with van der Waals surface area (Å²) in [5.41, 5.74) is 23.2. The minimum Gasteiger partial charge on any atom is -0.480 e. The second-order valence-corrected chi connectivity index (χ2v) is 9.65. The molecule has 0 spiro atoms. The number of fused-ring (bicyclic) bond motifs is 1. The molecule has 0 saturated heterocycles. The van der Waals surface area contributed by atoms with Crippen molar-refractivity contribution >= 4 is 46.4 Å². The molecule has 0 aliphatic carbocycles. The Morgan fingerprint density at radius 3 is 2.10 bits per heavy atom. The Morgan fingerprint density at radius 2 is 1.46 bits per heavy atom. The van der Waals surface area contributed by atoms with E-state index in [0.717, 1.165) is 10.9 Å². The maximum absolute atomic E-state index is 13.4. The Labute approximate surface area is 236 Å². The number of aromatic nitrogens is 1. The molecular formula is C26H38N8O7. The number of carboxylic acids is 1. The third-order valence-corrected chi connectivity index (χ3v) is 6.37. The summed E-state index contributed by atoms with van der Waals surface area (Å²) in [6.45, 7) is 0.344. The Hall–Kier alpha value is -4.50. The van der Waals surface area contributed by atoms with E-state index in [1.54, 1.807) is 12.3 Å². The van der Waals surface area contributed by atoms with Crippen molar-refractivity contribution in [3.63, 3.8) is 0 Å². The van der Waals surface area contributed by atoms with Crippen LogP contribution in [0.15, 0.2) is 30.5 Å². The van der Waals surface area contributed by atoms with Gasteiger partial charge in [0, 0.05) is 29.9 Å². The zero-order chi connectivity index (χ0) is 30.5. The number of nitrogens with two attached hydrogens (primary N) is 4. The predicted octanol–water partition coefficient (Wildman–Crippen LogP) is -2.15. The van der Waals surface area contributed by atoms with Gasteiger partial charge in [0.1, 0.15) is 18.1 Å². The number of aromatic amines is 1. The number of hydrogen-bond acceptors (Lipinski definition) is 8. The van der Waals surface area contributed by atoms with Crippen LogP contribution in [0.3, 0.4) is 0 Å². The van der Waals surface area contributed by atoms with Gasteiger partial charge in [-0.1, -0.05) is 18.2 Å². The lowest BCUT2D eigenvalue weighted by Crippen LogP contribution is -2.58. The molecule has 0 saturated carbocycles. The van der Waals surface area contributed by atoms with Gasteiger partial charge in [-0.2, -0.15) is 0 Å². The van der Waals surface area contributed by atoms with Crippen LogP contribution in [0.5, 0.6) is 0 Å². The van der Waals surface area contributed by atoms with E-state index in [0.29, 0.717) is 24.9 Å². The van der Waals surface area contributed by atoms with Crippen molar-refractivity contribution in [2.75, 3.05) is 6.54 Å². The Bertz CT molecular complexity index is 1250. The smallest absolute Gasteiger partial charge is 0.326 e. The largest absolute Gasteiger partial charge is 0.480 e. The van der Waals surface area contributed by atoms with Gasteiger partial charge in [-0.05, 0) is 43.9 Å². The lowest BCUT2D eigenvalue weighted by Gasteiger charge is -2.25. The van der Waals surface area contributed by atoms with Crippen LogP contribution < -0.4 is 38.9 Å². The third kappa shape index (κ3) is 10.5. The van der Waals surface area contributed by atoms with Crippen molar-refractivity contribution in [3.05, 3.63) is 36.0 Å². The van der Waals surface area contributed by atoms with E-state index >= 15 is 0 Å². The van der Waals surface area contributed by atoms with Gasteiger partial charge in [-0.3, -0.25) is 24.0 Å². The first-order chi connectivity index (χ1) is 19.4. The number of H-pyrrole nitrogens is 1. The van der Waals surface area contributed by atoms with Crippen LogP contribution in [-0.2, 0) is 35.2 Å². The topological polar surface area (TPSA) is 279 Å². The summed E-state index contributed by atoms with van der Waals surface area (Å²) in [6, 6.07) is 2.02. The average molecular weight is 575 g/mol. The van der Waals surface area contributed by atoms with Gasteiger partial charge in [-0.25, -0.2) is 4.79 Å². The van der Waals surface area contributed by atoms with E-state index in [9.17, 15) is 33.9 Å². The number of rotatable bonds is 18. The number of unbranched alkanes of at least 4 members (excludes halogenated alkanes) is 1. The second-order valence-electron chi connectivity index (χ2n) is 9.65. The minimum absolute atomic E-state index is 0.0358. The molecule has 2 rings (SSSR count). The lowest BCUT2D eigenvalue weighted by atomic mass is 10.0. The van der Waals surface area contributed by atoms with E-state index in [2.05, 4.69) is 20.9 Å². The molecule has 2 aromatic rings. The molecule has 0 radical (unpaired) electrons. The number of aliphatic carboxylic acids is 1. The molecule has 15 heteroatoms. The molecule has 224 valence electrons. The van der Waals surface area contributed by atoms with Crippen molar-refractivity contribution in [2.45, 2.75) is 69.1 Å². The van der Waals surface area contributed by atoms with Gasteiger partial charge in [0.15, 0.2) is 0 Å². The van der Waals surface area contributed by atoms with Gasteiger partial charge in [0.25, 0.3) is 0 Å². The number of carboxylic acid groups (broad SMARTS) is 1. The summed E-state index contributed by atoms with van der Waals surface area (Å²) in [7, 11) is 0. The fourth-order valence-electron chi connectivity index (χ4n) is 4.14. The molecule has 5 amide bonds. The van der Waals surface area contributed by atoms with Gasteiger partial charge >= 0.3 is 5.97 Å². The molecular weight excluding hydrogens is 536 g/mol. The Balaban J connectivity index is 2.27. The molecule has 0 bridgehead atoms. The zero-order valence-electron chi connectivity index (χ0n) is 22.6. The quantitative estimate of drug-likeness (QED) is 0.0876. The highest BCUT2D eigenvalue weighted by Crippen LogP contribution is 2.19. The summed E-state index contributed by atoms with van der Waals surface area (Å²) >= 11 is 0. The van der Waals surface area contributed by atoms with E-state index in [1.165, 1.54) is 0 Å². The van der Waals surface area contributed by atoms with Crippen LogP contribution in [0, 0.1) is 0 Å². The highest BCUT2D eigenvalue weighted by molar-refractivity contribution is 5.96. The number of hydrogen-bond donors (Lipinski definition) is 9. The Kier molecular flexibility index (Phi) is 12.7. The standard InChI is InChI=1S/C26H38N8O7/c27-10-4-3-7-18(26(40)41)32-25(39)20(12-22(30)36)34-24(38)19(33-23(37)16(28)8-9-21(29)35)11-14-13-31-17-6-2-1-5-15(14)17/h1-2,5-6,13,16,18-20,31H,3-4,7-12,27-28H2,(H2,29,35)(H2,30,36)(H,32,39)(H,33,37)(H,34,38)(H,40,41). The first-order valence-corrected chi connectivity index (χ1v) is 13.1. The van der Waals surface area contributed by atoms with Crippen LogP contribution in [0.4, 0.5) is 0 Å². The fourth-order valence-corrected chi connectivity index (χ4v) is 4.14. The molecule has 13 N–H and O–H groups in total. The van der Waals surface area contributed by atoms with Crippen LogP contribution in [0.1, 0.15) is 44.1 Å². The van der Waals surface area contributed by atoms with Crippen LogP contribution in [0.25, 0.3) is 10.9 Å². The van der Waals surface area contributed by atoms with Gasteiger partial charge < -0.3 is 49.0 Å². The minimum atomic E-state index is -1.53. The van der Waals surface area contributed by atoms with E-state index < -0.39 is 66.1 Å². The normalized spacial score (nSPS) is 13.9. The number of carbonyl (C=O) groups is 6. The summed E-state index contributed by atoms with van der Waals surface area (Å²) in [6.07, 6.45) is 1.84. The molecule has 1 aromatic heterocycles. The van der Waals surface area contributed by atoms with Crippen molar-refractivity contribution in [1.29, 1.82) is 0 Å². The molecule has 4 atom stereocenters. The fraction of sp³-hybridized carbons (Fsp3) is 0.462. The van der Waals surface area contributed by atoms with E-state index in [4.69, 9.17) is 22.9 Å². The van der Waals surface area contributed by atoms with Gasteiger partial charge in [-0.15, -0.1) is 0 Å². The molecule has 0 aliphatic heterocycles. The molecule has 1 heterocycles. The first-order valence-electron chi connectivity index (χ1n) is 13.1. The number of primary amides is 2. The van der Waals surface area contributed by atoms with Gasteiger partial charge in [0.05, 0.1) is 12.5 Å². The predicted molar refractivity (Wildman–Crippen MR) is 149 cm³/mol. The Morgan fingerprint density at radius 1 is 0.829 bits per heavy atom.